The van der Waals surface area contributed by atoms with Crippen molar-refractivity contribution < 1.29 is 10.2 Å². The Morgan fingerprint density at radius 2 is 2.00 bits per heavy atom. The summed E-state index contributed by atoms with van der Waals surface area (Å²) in [5.74, 6) is -0.212. The first kappa shape index (κ1) is 9.86. The molecule has 3 heteroatoms. The van der Waals surface area contributed by atoms with E-state index in [2.05, 4.69) is 6.92 Å². The number of rotatable bonds is 3. The van der Waals surface area contributed by atoms with Crippen LogP contribution in [0.15, 0.2) is 18.2 Å². The Kier molecular flexibility index (Phi) is 3.14. The topological polar surface area (TPSA) is 66.5 Å². The number of hydrogen-bond donors (Lipinski definition) is 3. The fourth-order valence-corrected chi connectivity index (χ4v) is 1.25. The second-order valence-corrected chi connectivity index (χ2v) is 3.14. The van der Waals surface area contributed by atoms with E-state index in [1.54, 1.807) is 6.07 Å². The summed E-state index contributed by atoms with van der Waals surface area (Å²) in [5.41, 5.74) is 6.69. The molecule has 1 aromatic rings. The first-order chi connectivity index (χ1) is 6.15. The zero-order valence-corrected chi connectivity index (χ0v) is 7.70. The van der Waals surface area contributed by atoms with Crippen molar-refractivity contribution in [2.24, 2.45) is 5.73 Å². The van der Waals surface area contributed by atoms with Crippen LogP contribution in [0.25, 0.3) is 0 Å². The van der Waals surface area contributed by atoms with E-state index in [1.165, 1.54) is 12.1 Å². The highest BCUT2D eigenvalue weighted by molar-refractivity contribution is 5.41. The van der Waals surface area contributed by atoms with Crippen molar-refractivity contribution >= 4 is 0 Å². The molecular weight excluding hydrogens is 166 g/mol. The molecule has 0 aliphatic rings. The first-order valence-electron chi connectivity index (χ1n) is 4.42. The highest BCUT2D eigenvalue weighted by Gasteiger charge is 2.07. The zero-order chi connectivity index (χ0) is 9.84. The van der Waals surface area contributed by atoms with Crippen molar-refractivity contribution in [3.05, 3.63) is 23.8 Å². The predicted octanol–water partition coefficient (Wildman–Crippen LogP) is 1.90. The molecule has 0 aliphatic heterocycles. The van der Waals surface area contributed by atoms with Gasteiger partial charge in [0.1, 0.15) is 0 Å². The van der Waals surface area contributed by atoms with Gasteiger partial charge in [0.25, 0.3) is 0 Å². The summed E-state index contributed by atoms with van der Waals surface area (Å²) in [5, 5.41) is 18.3. The second kappa shape index (κ2) is 4.14. The van der Waals surface area contributed by atoms with Crippen LogP contribution in [0.3, 0.4) is 0 Å². The van der Waals surface area contributed by atoms with Crippen molar-refractivity contribution in [1.29, 1.82) is 0 Å². The smallest absolute Gasteiger partial charge is 0.157 e. The Morgan fingerprint density at radius 3 is 2.54 bits per heavy atom. The van der Waals surface area contributed by atoms with E-state index in [4.69, 9.17) is 10.8 Å². The molecule has 1 aromatic carbocycles. The number of aromatic hydroxyl groups is 2. The Balaban J connectivity index is 2.84. The average molecular weight is 181 g/mol. The summed E-state index contributed by atoms with van der Waals surface area (Å²) in [4.78, 5) is 0. The van der Waals surface area contributed by atoms with Crippen LogP contribution in [0, 0.1) is 0 Å². The minimum absolute atomic E-state index is 0.0588. The highest BCUT2D eigenvalue weighted by Crippen LogP contribution is 2.28. The molecule has 72 valence electrons. The number of hydrogen-bond acceptors (Lipinski definition) is 3. The largest absolute Gasteiger partial charge is 0.504 e. The average Bonchev–Trinajstić information content (AvgIpc) is 2.10. The van der Waals surface area contributed by atoms with Crippen molar-refractivity contribution in [2.45, 2.75) is 25.8 Å². The van der Waals surface area contributed by atoms with Gasteiger partial charge in [0.05, 0.1) is 0 Å². The van der Waals surface area contributed by atoms with Gasteiger partial charge in [-0.1, -0.05) is 19.4 Å². The Labute approximate surface area is 77.8 Å². The maximum absolute atomic E-state index is 9.21. The second-order valence-electron chi connectivity index (χ2n) is 3.14. The standard InChI is InChI=1S/C10H15NO2/c1-2-3-8(11)7-4-5-9(12)10(13)6-7/h4-6,8,12-13H,2-3,11H2,1H3/t8-/m0/s1. The molecule has 0 fully saturated rings. The normalized spacial score (nSPS) is 12.8. The minimum Gasteiger partial charge on any atom is -0.504 e. The van der Waals surface area contributed by atoms with Gasteiger partial charge < -0.3 is 15.9 Å². The molecule has 0 aliphatic carbocycles. The van der Waals surface area contributed by atoms with E-state index in [0.717, 1.165) is 18.4 Å². The summed E-state index contributed by atoms with van der Waals surface area (Å²) >= 11 is 0. The number of benzene rings is 1. The van der Waals surface area contributed by atoms with Crippen LogP contribution in [-0.4, -0.2) is 10.2 Å². The van der Waals surface area contributed by atoms with Crippen molar-refractivity contribution in [2.75, 3.05) is 0 Å². The van der Waals surface area contributed by atoms with Crippen LogP contribution in [0.4, 0.5) is 0 Å². The van der Waals surface area contributed by atoms with Crippen molar-refractivity contribution in [3.63, 3.8) is 0 Å². The molecule has 0 unspecified atom stereocenters. The van der Waals surface area contributed by atoms with Crippen molar-refractivity contribution in [1.82, 2.24) is 0 Å². The lowest BCUT2D eigenvalue weighted by molar-refractivity contribution is 0.402. The molecule has 0 bridgehead atoms. The van der Waals surface area contributed by atoms with E-state index in [0.29, 0.717) is 0 Å². The lowest BCUT2D eigenvalue weighted by Gasteiger charge is -2.11. The number of nitrogens with two attached hydrogens (primary N) is 1. The summed E-state index contributed by atoms with van der Waals surface area (Å²) in [6.07, 6.45) is 1.88. The van der Waals surface area contributed by atoms with Crippen LogP contribution in [-0.2, 0) is 0 Å². The molecule has 0 aromatic heterocycles. The van der Waals surface area contributed by atoms with Gasteiger partial charge in [-0.3, -0.25) is 0 Å². The minimum atomic E-state index is -0.107. The van der Waals surface area contributed by atoms with E-state index in [9.17, 15) is 5.11 Å². The molecule has 0 heterocycles. The van der Waals surface area contributed by atoms with Gasteiger partial charge in [0.2, 0.25) is 0 Å². The molecular formula is C10H15NO2. The summed E-state index contributed by atoms with van der Waals surface area (Å²) in [7, 11) is 0. The number of phenolic OH excluding ortho intramolecular Hbond substituents is 2. The fourth-order valence-electron chi connectivity index (χ4n) is 1.25. The quantitative estimate of drug-likeness (QED) is 0.624. The molecule has 0 radical (unpaired) electrons. The number of phenols is 2. The summed E-state index contributed by atoms with van der Waals surface area (Å²) in [6, 6.07) is 4.64. The highest BCUT2D eigenvalue weighted by atomic mass is 16.3. The fraction of sp³-hybridized carbons (Fsp3) is 0.400. The zero-order valence-electron chi connectivity index (χ0n) is 7.70. The molecule has 4 N–H and O–H groups in total. The Morgan fingerprint density at radius 1 is 1.31 bits per heavy atom. The van der Waals surface area contributed by atoms with E-state index >= 15 is 0 Å². The molecule has 0 spiro atoms. The van der Waals surface area contributed by atoms with Gasteiger partial charge in [-0.05, 0) is 24.1 Å². The maximum atomic E-state index is 9.21. The molecule has 13 heavy (non-hydrogen) atoms. The Bertz CT molecular complexity index is 286. The lowest BCUT2D eigenvalue weighted by Crippen LogP contribution is -2.09. The SMILES string of the molecule is CCC[C@H](N)c1ccc(O)c(O)c1. The van der Waals surface area contributed by atoms with E-state index in [-0.39, 0.29) is 17.5 Å². The maximum Gasteiger partial charge on any atom is 0.157 e. The van der Waals surface area contributed by atoms with Crippen LogP contribution in [0.2, 0.25) is 0 Å². The van der Waals surface area contributed by atoms with E-state index in [1.807, 2.05) is 0 Å². The molecule has 0 amide bonds. The van der Waals surface area contributed by atoms with Crippen LogP contribution >= 0.6 is 0 Å². The van der Waals surface area contributed by atoms with Gasteiger partial charge in [0.15, 0.2) is 11.5 Å². The first-order valence-corrected chi connectivity index (χ1v) is 4.42. The third-order valence-electron chi connectivity index (χ3n) is 2.03. The molecule has 0 saturated heterocycles. The molecule has 3 nitrogen and oxygen atoms in total. The van der Waals surface area contributed by atoms with E-state index < -0.39 is 0 Å². The van der Waals surface area contributed by atoms with Crippen LogP contribution < -0.4 is 5.73 Å². The summed E-state index contributed by atoms with van der Waals surface area (Å²) < 4.78 is 0. The lowest BCUT2D eigenvalue weighted by atomic mass is 10.0. The van der Waals surface area contributed by atoms with Gasteiger partial charge in [-0.15, -0.1) is 0 Å². The molecule has 1 atom stereocenters. The third kappa shape index (κ3) is 2.36. The molecule has 0 saturated carbocycles. The monoisotopic (exact) mass is 181 g/mol. The van der Waals surface area contributed by atoms with Crippen molar-refractivity contribution in [3.8, 4) is 11.5 Å². The van der Waals surface area contributed by atoms with Crippen LogP contribution in [0.5, 0.6) is 11.5 Å². The van der Waals surface area contributed by atoms with Gasteiger partial charge in [0, 0.05) is 6.04 Å². The van der Waals surface area contributed by atoms with Gasteiger partial charge in [-0.25, -0.2) is 0 Å². The van der Waals surface area contributed by atoms with Crippen LogP contribution in [0.1, 0.15) is 31.4 Å². The van der Waals surface area contributed by atoms with Gasteiger partial charge >= 0.3 is 0 Å². The molecule has 1 rings (SSSR count). The predicted molar refractivity (Wildman–Crippen MR) is 51.6 cm³/mol. The third-order valence-corrected chi connectivity index (χ3v) is 2.03. The summed E-state index contributed by atoms with van der Waals surface area (Å²) in [6.45, 7) is 2.06. The Hall–Kier alpha value is -1.22. The van der Waals surface area contributed by atoms with Gasteiger partial charge in [-0.2, -0.15) is 0 Å².